The molecule has 0 aliphatic rings. The smallest absolute Gasteiger partial charge is 0.128 e. The van der Waals surface area contributed by atoms with Gasteiger partial charge in [0.15, 0.2) is 0 Å². The summed E-state index contributed by atoms with van der Waals surface area (Å²) in [6, 6.07) is 5.88. The second kappa shape index (κ2) is 8.06. The number of rotatable bonds is 8. The molecule has 0 aliphatic heterocycles. The van der Waals surface area contributed by atoms with Crippen LogP contribution in [-0.4, -0.2) is 34.3 Å². The van der Waals surface area contributed by atoms with Crippen molar-refractivity contribution in [3.8, 4) is 0 Å². The summed E-state index contributed by atoms with van der Waals surface area (Å²) >= 11 is 0. The van der Waals surface area contributed by atoms with Gasteiger partial charge < -0.3 is 10.6 Å². The molecule has 1 aromatic rings. The van der Waals surface area contributed by atoms with Crippen molar-refractivity contribution in [3.63, 3.8) is 0 Å². The fourth-order valence-corrected chi connectivity index (χ4v) is 1.93. The summed E-state index contributed by atoms with van der Waals surface area (Å²) in [7, 11) is -0.705. The number of aromatic nitrogens is 1. The topological polar surface area (TPSA) is 54.0 Å². The molecule has 0 spiro atoms. The van der Waals surface area contributed by atoms with Gasteiger partial charge >= 0.3 is 0 Å². The van der Waals surface area contributed by atoms with Crippen LogP contribution < -0.4 is 10.6 Å². The van der Waals surface area contributed by atoms with E-state index in [4.69, 9.17) is 0 Å². The second-order valence-electron chi connectivity index (χ2n) is 3.89. The Hall–Kier alpha value is -1.10. The molecule has 0 saturated carbocycles. The Bertz CT molecular complexity index is 357. The molecule has 0 amide bonds. The molecule has 0 bridgehead atoms. The minimum Gasteiger partial charge on any atom is -0.370 e. The van der Waals surface area contributed by atoms with Crippen LogP contribution in [0.1, 0.15) is 19.8 Å². The van der Waals surface area contributed by atoms with Gasteiger partial charge in [-0.2, -0.15) is 0 Å². The van der Waals surface area contributed by atoms with Gasteiger partial charge in [0.05, 0.1) is 0 Å². The average molecular weight is 255 g/mol. The highest BCUT2D eigenvalue weighted by Crippen LogP contribution is 2.08. The van der Waals surface area contributed by atoms with E-state index in [-0.39, 0.29) is 0 Å². The molecule has 1 atom stereocenters. The minimum absolute atomic E-state index is 0.705. The molecule has 0 radical (unpaired) electrons. The lowest BCUT2D eigenvalue weighted by atomic mass is 10.4. The molecule has 5 heteroatoms. The monoisotopic (exact) mass is 255 g/mol. The summed E-state index contributed by atoms with van der Waals surface area (Å²) in [5, 5.41) is 6.47. The van der Waals surface area contributed by atoms with Crippen LogP contribution in [-0.2, 0) is 10.8 Å². The zero-order valence-corrected chi connectivity index (χ0v) is 11.3. The molecule has 4 nitrogen and oxygen atoms in total. The largest absolute Gasteiger partial charge is 0.370 e. The Labute approximate surface area is 106 Å². The van der Waals surface area contributed by atoms with Gasteiger partial charge in [0.25, 0.3) is 0 Å². The lowest BCUT2D eigenvalue weighted by Gasteiger charge is -2.08. The lowest BCUT2D eigenvalue weighted by Crippen LogP contribution is -2.08. The van der Waals surface area contributed by atoms with Crippen LogP contribution >= 0.6 is 0 Å². The van der Waals surface area contributed by atoms with Gasteiger partial charge in [0.2, 0.25) is 0 Å². The summed E-state index contributed by atoms with van der Waals surface area (Å²) in [5.41, 5.74) is 0. The van der Waals surface area contributed by atoms with Crippen LogP contribution in [0.25, 0.3) is 0 Å². The molecule has 17 heavy (non-hydrogen) atoms. The highest BCUT2D eigenvalue weighted by atomic mass is 32.2. The summed E-state index contributed by atoms with van der Waals surface area (Å²) in [6.07, 6.45) is 3.71. The lowest BCUT2D eigenvalue weighted by molar-refractivity contribution is 0.685. The van der Waals surface area contributed by atoms with Crippen molar-refractivity contribution in [1.82, 2.24) is 4.98 Å². The van der Waals surface area contributed by atoms with Crippen LogP contribution in [0, 0.1) is 0 Å². The fraction of sp³-hybridized carbons (Fsp3) is 0.583. The van der Waals surface area contributed by atoms with Crippen LogP contribution in [0.3, 0.4) is 0 Å². The van der Waals surface area contributed by atoms with Crippen molar-refractivity contribution < 1.29 is 4.21 Å². The second-order valence-corrected chi connectivity index (χ2v) is 5.45. The van der Waals surface area contributed by atoms with Crippen molar-refractivity contribution in [1.29, 1.82) is 0 Å². The van der Waals surface area contributed by atoms with Crippen molar-refractivity contribution in [2.45, 2.75) is 19.8 Å². The quantitative estimate of drug-likeness (QED) is 0.698. The summed E-state index contributed by atoms with van der Waals surface area (Å²) < 4.78 is 10.9. The predicted molar refractivity (Wildman–Crippen MR) is 75.1 cm³/mol. The molecule has 1 unspecified atom stereocenters. The highest BCUT2D eigenvalue weighted by Gasteiger charge is 1.97. The highest BCUT2D eigenvalue weighted by molar-refractivity contribution is 7.84. The third-order valence-electron chi connectivity index (χ3n) is 2.22. The summed E-state index contributed by atoms with van der Waals surface area (Å²) in [6.45, 7) is 3.87. The number of pyridine rings is 1. The Morgan fingerprint density at radius 3 is 2.47 bits per heavy atom. The van der Waals surface area contributed by atoms with Crippen LogP contribution in [0.2, 0.25) is 0 Å². The molecule has 1 rings (SSSR count). The molecular weight excluding hydrogens is 234 g/mol. The molecule has 0 fully saturated rings. The maximum absolute atomic E-state index is 10.9. The molecule has 96 valence electrons. The van der Waals surface area contributed by atoms with E-state index >= 15 is 0 Å². The van der Waals surface area contributed by atoms with Crippen molar-refractivity contribution in [3.05, 3.63) is 18.2 Å². The standard InChI is InChI=1S/C12H21N3OS/c1-3-8-13-11-6-4-7-12(15-11)14-9-5-10-17(2)16/h4,6-7H,3,5,8-10H2,1-2H3,(H2,13,14,15). The van der Waals surface area contributed by atoms with E-state index in [1.165, 1.54) is 0 Å². The molecule has 0 aliphatic carbocycles. The van der Waals surface area contributed by atoms with Gasteiger partial charge in [-0.3, -0.25) is 4.21 Å². The predicted octanol–water partition coefficient (Wildman–Crippen LogP) is 2.08. The van der Waals surface area contributed by atoms with E-state index in [1.807, 2.05) is 18.2 Å². The Balaban J connectivity index is 2.34. The van der Waals surface area contributed by atoms with E-state index in [0.717, 1.165) is 43.3 Å². The first-order valence-electron chi connectivity index (χ1n) is 5.97. The average Bonchev–Trinajstić information content (AvgIpc) is 2.32. The van der Waals surface area contributed by atoms with Gasteiger partial charge in [0, 0.05) is 35.9 Å². The SMILES string of the molecule is CCCNc1cccc(NCCCS(C)=O)n1. The van der Waals surface area contributed by atoms with Crippen molar-refractivity contribution >= 4 is 22.4 Å². The number of hydrogen-bond donors (Lipinski definition) is 2. The van der Waals surface area contributed by atoms with E-state index in [1.54, 1.807) is 6.26 Å². The molecule has 1 heterocycles. The Morgan fingerprint density at radius 1 is 1.24 bits per heavy atom. The van der Waals surface area contributed by atoms with E-state index < -0.39 is 10.8 Å². The van der Waals surface area contributed by atoms with Crippen LogP contribution in [0.4, 0.5) is 11.6 Å². The first kappa shape index (κ1) is 14.0. The number of nitrogens with one attached hydrogen (secondary N) is 2. The zero-order chi connectivity index (χ0) is 12.5. The van der Waals surface area contributed by atoms with Gasteiger partial charge in [-0.15, -0.1) is 0 Å². The van der Waals surface area contributed by atoms with Crippen LogP contribution in [0.5, 0.6) is 0 Å². The molecule has 2 N–H and O–H groups in total. The van der Waals surface area contributed by atoms with Gasteiger partial charge in [0.1, 0.15) is 11.6 Å². The summed E-state index contributed by atoms with van der Waals surface area (Å²) in [4.78, 5) is 4.43. The molecule has 0 saturated heterocycles. The third-order valence-corrected chi connectivity index (χ3v) is 3.08. The molecule has 0 aromatic carbocycles. The fourth-order valence-electron chi connectivity index (χ4n) is 1.38. The van der Waals surface area contributed by atoms with Crippen LogP contribution in [0.15, 0.2) is 18.2 Å². The Kier molecular flexibility index (Phi) is 6.62. The number of hydrogen-bond acceptors (Lipinski definition) is 4. The first-order chi connectivity index (χ1) is 8.22. The molecule has 1 aromatic heterocycles. The van der Waals surface area contributed by atoms with Gasteiger partial charge in [-0.25, -0.2) is 4.98 Å². The van der Waals surface area contributed by atoms with E-state index in [0.29, 0.717) is 0 Å². The van der Waals surface area contributed by atoms with Crippen molar-refractivity contribution in [2.24, 2.45) is 0 Å². The van der Waals surface area contributed by atoms with Gasteiger partial charge in [-0.1, -0.05) is 13.0 Å². The maximum Gasteiger partial charge on any atom is 0.128 e. The van der Waals surface area contributed by atoms with Crippen molar-refractivity contribution in [2.75, 3.05) is 35.7 Å². The Morgan fingerprint density at radius 2 is 1.88 bits per heavy atom. The first-order valence-corrected chi connectivity index (χ1v) is 7.70. The maximum atomic E-state index is 10.9. The van der Waals surface area contributed by atoms with E-state index in [9.17, 15) is 4.21 Å². The molecular formula is C12H21N3OS. The van der Waals surface area contributed by atoms with Gasteiger partial charge in [-0.05, 0) is 25.0 Å². The minimum atomic E-state index is -0.705. The van der Waals surface area contributed by atoms with E-state index in [2.05, 4.69) is 22.5 Å². The number of nitrogens with zero attached hydrogens (tertiary/aromatic N) is 1. The summed E-state index contributed by atoms with van der Waals surface area (Å²) in [5.74, 6) is 2.50. The normalized spacial score (nSPS) is 12.1. The number of anilines is 2. The zero-order valence-electron chi connectivity index (χ0n) is 10.5. The third kappa shape index (κ3) is 6.26.